The molecule has 0 aliphatic carbocycles. The van der Waals surface area contributed by atoms with Gasteiger partial charge in [-0.3, -0.25) is 0 Å². The zero-order valence-electron chi connectivity index (χ0n) is 20.8. The third-order valence-electron chi connectivity index (χ3n) is 6.05. The number of H-pyrrole nitrogens is 1. The van der Waals surface area contributed by atoms with Crippen molar-refractivity contribution < 1.29 is 19.1 Å². The number of benzene rings is 3. The van der Waals surface area contributed by atoms with Crippen molar-refractivity contribution in [1.82, 2.24) is 15.3 Å². The Kier molecular flexibility index (Phi) is 7.80. The van der Waals surface area contributed by atoms with Crippen LogP contribution in [0, 0.1) is 0 Å². The predicted octanol–water partition coefficient (Wildman–Crippen LogP) is 6.68. The lowest BCUT2D eigenvalue weighted by molar-refractivity contribution is 0.0521. The standard InChI is InChI=1S/C30H27N3O4S/c1-2-36-29(34)26-27(21-13-7-4-8-14-21)38-28(33-26)25(17-22-18-31-24-16-10-9-15-23(22)24)32-30(35)37-19-20-11-5-3-6-12-20/h3-16,18,25,31H,2,17,19H2,1H3,(H,32,35)/t25-/m1/s1. The number of aromatic nitrogens is 2. The summed E-state index contributed by atoms with van der Waals surface area (Å²) in [6.45, 7) is 2.15. The van der Waals surface area contributed by atoms with Crippen LogP contribution in [-0.2, 0) is 22.5 Å². The molecule has 3 aromatic carbocycles. The van der Waals surface area contributed by atoms with E-state index in [2.05, 4.69) is 10.3 Å². The number of para-hydroxylation sites is 1. The molecule has 0 bridgehead atoms. The van der Waals surface area contributed by atoms with Crippen LogP contribution in [0.4, 0.5) is 4.79 Å². The first-order valence-electron chi connectivity index (χ1n) is 12.4. The van der Waals surface area contributed by atoms with Crippen molar-refractivity contribution in [1.29, 1.82) is 0 Å². The fourth-order valence-corrected chi connectivity index (χ4v) is 5.35. The largest absolute Gasteiger partial charge is 0.461 e. The highest BCUT2D eigenvalue weighted by atomic mass is 32.1. The number of nitrogens with one attached hydrogen (secondary N) is 2. The highest BCUT2D eigenvalue weighted by molar-refractivity contribution is 7.15. The number of carbonyl (C=O) groups is 2. The van der Waals surface area contributed by atoms with Crippen LogP contribution in [0.3, 0.4) is 0 Å². The molecule has 0 unspecified atom stereocenters. The summed E-state index contributed by atoms with van der Waals surface area (Å²) in [4.78, 5) is 34.5. The Balaban J connectivity index is 1.48. The van der Waals surface area contributed by atoms with E-state index in [4.69, 9.17) is 14.5 Å². The highest BCUT2D eigenvalue weighted by Gasteiger charge is 2.27. The molecular weight excluding hydrogens is 498 g/mol. The minimum atomic E-state index is -0.562. The van der Waals surface area contributed by atoms with E-state index < -0.39 is 18.1 Å². The molecule has 2 aromatic heterocycles. The number of carbonyl (C=O) groups excluding carboxylic acids is 2. The van der Waals surface area contributed by atoms with Gasteiger partial charge in [0.2, 0.25) is 0 Å². The van der Waals surface area contributed by atoms with E-state index in [-0.39, 0.29) is 18.9 Å². The summed E-state index contributed by atoms with van der Waals surface area (Å²) < 4.78 is 10.8. The Morgan fingerprint density at radius 1 is 0.947 bits per heavy atom. The van der Waals surface area contributed by atoms with Crippen LogP contribution in [0.15, 0.2) is 91.1 Å². The third kappa shape index (κ3) is 5.76. The van der Waals surface area contributed by atoms with Crippen LogP contribution in [0.2, 0.25) is 0 Å². The molecule has 7 nitrogen and oxygen atoms in total. The lowest BCUT2D eigenvalue weighted by Crippen LogP contribution is -2.30. The second kappa shape index (κ2) is 11.7. The topological polar surface area (TPSA) is 93.3 Å². The van der Waals surface area contributed by atoms with Gasteiger partial charge < -0.3 is 19.8 Å². The monoisotopic (exact) mass is 525 g/mol. The van der Waals surface area contributed by atoms with Crippen molar-refractivity contribution in [3.8, 4) is 10.4 Å². The second-order valence-electron chi connectivity index (χ2n) is 8.64. The van der Waals surface area contributed by atoms with Crippen LogP contribution in [0.1, 0.15) is 39.6 Å². The van der Waals surface area contributed by atoms with Gasteiger partial charge in [0.05, 0.1) is 17.5 Å². The van der Waals surface area contributed by atoms with E-state index >= 15 is 0 Å². The summed E-state index contributed by atoms with van der Waals surface area (Å²) in [7, 11) is 0. The number of fused-ring (bicyclic) bond motifs is 1. The molecule has 8 heteroatoms. The van der Waals surface area contributed by atoms with E-state index in [0.29, 0.717) is 16.3 Å². The SMILES string of the molecule is CCOC(=O)c1nc([C@@H](Cc2c[nH]c3ccccc23)NC(=O)OCc2ccccc2)sc1-c1ccccc1. The van der Waals surface area contributed by atoms with Gasteiger partial charge in [-0.1, -0.05) is 78.9 Å². The molecule has 5 aromatic rings. The third-order valence-corrected chi connectivity index (χ3v) is 7.27. The molecule has 2 N–H and O–H groups in total. The molecule has 0 fully saturated rings. The molecule has 0 aliphatic heterocycles. The molecule has 0 saturated carbocycles. The zero-order valence-corrected chi connectivity index (χ0v) is 21.7. The normalized spacial score (nSPS) is 11.7. The number of ether oxygens (including phenoxy) is 2. The van der Waals surface area contributed by atoms with E-state index in [0.717, 1.165) is 27.6 Å². The molecular formula is C30H27N3O4S. The van der Waals surface area contributed by atoms with Crippen LogP contribution in [-0.4, -0.2) is 28.6 Å². The van der Waals surface area contributed by atoms with Gasteiger partial charge in [0, 0.05) is 23.5 Å². The van der Waals surface area contributed by atoms with Gasteiger partial charge in [-0.15, -0.1) is 11.3 Å². The van der Waals surface area contributed by atoms with Crippen LogP contribution in [0.5, 0.6) is 0 Å². The van der Waals surface area contributed by atoms with Crippen molar-refractivity contribution in [2.24, 2.45) is 0 Å². The summed E-state index contributed by atoms with van der Waals surface area (Å²) in [5.41, 5.74) is 4.01. The summed E-state index contributed by atoms with van der Waals surface area (Å²) in [5, 5.41) is 4.64. The summed E-state index contributed by atoms with van der Waals surface area (Å²) in [5.74, 6) is -0.494. The Bertz CT molecular complexity index is 1530. The van der Waals surface area contributed by atoms with Crippen molar-refractivity contribution in [3.05, 3.63) is 113 Å². The van der Waals surface area contributed by atoms with Gasteiger partial charge in [0.1, 0.15) is 11.6 Å². The van der Waals surface area contributed by atoms with E-state index in [1.165, 1.54) is 11.3 Å². The molecule has 192 valence electrons. The number of rotatable bonds is 9. The molecule has 38 heavy (non-hydrogen) atoms. The first kappa shape index (κ1) is 25.2. The lowest BCUT2D eigenvalue weighted by atomic mass is 10.1. The molecule has 0 aliphatic rings. The number of amides is 1. The highest BCUT2D eigenvalue weighted by Crippen LogP contribution is 2.35. The van der Waals surface area contributed by atoms with Gasteiger partial charge in [-0.25, -0.2) is 14.6 Å². The van der Waals surface area contributed by atoms with Gasteiger partial charge in [0.15, 0.2) is 5.69 Å². The molecule has 2 heterocycles. The van der Waals surface area contributed by atoms with E-state index in [9.17, 15) is 9.59 Å². The van der Waals surface area contributed by atoms with E-state index in [1.807, 2.05) is 91.1 Å². The maximum Gasteiger partial charge on any atom is 0.408 e. The number of alkyl carbamates (subject to hydrolysis) is 1. The number of esters is 1. The lowest BCUT2D eigenvalue weighted by Gasteiger charge is -2.16. The van der Waals surface area contributed by atoms with Gasteiger partial charge in [0.25, 0.3) is 0 Å². The Morgan fingerprint density at radius 2 is 1.66 bits per heavy atom. The predicted molar refractivity (Wildman–Crippen MR) is 148 cm³/mol. The Morgan fingerprint density at radius 3 is 2.42 bits per heavy atom. The van der Waals surface area contributed by atoms with Crippen LogP contribution >= 0.6 is 11.3 Å². The summed E-state index contributed by atoms with van der Waals surface area (Å²) in [6, 6.07) is 26.5. The number of thiazole rings is 1. The fraction of sp³-hybridized carbons (Fsp3) is 0.167. The maximum absolute atomic E-state index is 12.9. The smallest absolute Gasteiger partial charge is 0.408 e. The number of hydrogen-bond donors (Lipinski definition) is 2. The van der Waals surface area contributed by atoms with Crippen molar-refractivity contribution in [2.45, 2.75) is 26.0 Å². The van der Waals surface area contributed by atoms with E-state index in [1.54, 1.807) is 6.92 Å². The minimum absolute atomic E-state index is 0.147. The van der Waals surface area contributed by atoms with Gasteiger partial charge in [-0.2, -0.15) is 0 Å². The Labute approximate surface area is 224 Å². The summed E-state index contributed by atoms with van der Waals surface area (Å²) in [6.07, 6.45) is 1.83. The van der Waals surface area contributed by atoms with Gasteiger partial charge >= 0.3 is 12.1 Å². The number of hydrogen-bond acceptors (Lipinski definition) is 6. The van der Waals surface area contributed by atoms with Crippen LogP contribution in [0.25, 0.3) is 21.3 Å². The average Bonchev–Trinajstić information content (AvgIpc) is 3.58. The molecule has 0 saturated heterocycles. The molecule has 0 radical (unpaired) electrons. The van der Waals surface area contributed by atoms with Crippen LogP contribution < -0.4 is 5.32 Å². The molecule has 0 spiro atoms. The average molecular weight is 526 g/mol. The zero-order chi connectivity index (χ0) is 26.3. The number of nitrogens with zero attached hydrogens (tertiary/aromatic N) is 1. The first-order valence-corrected chi connectivity index (χ1v) is 13.2. The fourth-order valence-electron chi connectivity index (χ4n) is 4.24. The first-order chi connectivity index (χ1) is 18.6. The molecule has 1 atom stereocenters. The quantitative estimate of drug-likeness (QED) is 0.209. The summed E-state index contributed by atoms with van der Waals surface area (Å²) >= 11 is 1.37. The molecule has 5 rings (SSSR count). The van der Waals surface area contributed by atoms with Crippen molar-refractivity contribution in [2.75, 3.05) is 6.61 Å². The van der Waals surface area contributed by atoms with Crippen molar-refractivity contribution in [3.63, 3.8) is 0 Å². The van der Waals surface area contributed by atoms with Crippen molar-refractivity contribution >= 4 is 34.3 Å². The second-order valence-corrected chi connectivity index (χ2v) is 9.67. The van der Waals surface area contributed by atoms with Gasteiger partial charge in [-0.05, 0) is 29.7 Å². The minimum Gasteiger partial charge on any atom is -0.461 e. The Hall–Kier alpha value is -4.43. The molecule has 1 amide bonds. The number of aromatic amines is 1. The maximum atomic E-state index is 12.9.